The summed E-state index contributed by atoms with van der Waals surface area (Å²) in [5, 5.41) is 3.36. The van der Waals surface area contributed by atoms with Crippen LogP contribution in [0.3, 0.4) is 0 Å². The van der Waals surface area contributed by atoms with Crippen molar-refractivity contribution in [3.63, 3.8) is 0 Å². The number of ether oxygens (including phenoxy) is 2. The van der Waals surface area contributed by atoms with Gasteiger partial charge in [0.2, 0.25) is 0 Å². The first-order valence-electron chi connectivity index (χ1n) is 8.36. The van der Waals surface area contributed by atoms with Crippen molar-refractivity contribution in [2.75, 3.05) is 36.5 Å². The van der Waals surface area contributed by atoms with Crippen molar-refractivity contribution in [3.05, 3.63) is 42.2 Å². The molecule has 128 valence electrons. The molecule has 0 radical (unpaired) electrons. The van der Waals surface area contributed by atoms with Crippen LogP contribution in [0.2, 0.25) is 0 Å². The quantitative estimate of drug-likeness (QED) is 0.880. The van der Waals surface area contributed by atoms with Crippen LogP contribution in [-0.2, 0) is 11.3 Å². The molecule has 3 rings (SSSR count). The number of nitrogens with zero attached hydrogens (tertiary/aromatic N) is 3. The summed E-state index contributed by atoms with van der Waals surface area (Å²) in [6.07, 6.45) is 3.37. The molecule has 0 spiro atoms. The topological polar surface area (TPSA) is 59.5 Å². The third kappa shape index (κ3) is 4.14. The molecule has 0 amide bonds. The van der Waals surface area contributed by atoms with Crippen molar-refractivity contribution < 1.29 is 9.47 Å². The van der Waals surface area contributed by atoms with Gasteiger partial charge in [-0.2, -0.15) is 0 Å². The zero-order valence-electron chi connectivity index (χ0n) is 14.2. The van der Waals surface area contributed by atoms with E-state index in [0.717, 1.165) is 26.3 Å². The summed E-state index contributed by atoms with van der Waals surface area (Å²) in [5.74, 6) is 1.21. The van der Waals surface area contributed by atoms with E-state index in [1.165, 1.54) is 11.3 Å². The van der Waals surface area contributed by atoms with Crippen LogP contribution in [0.15, 0.2) is 36.7 Å². The van der Waals surface area contributed by atoms with Gasteiger partial charge in [-0.15, -0.1) is 0 Å². The lowest BCUT2D eigenvalue weighted by molar-refractivity contribution is 0.122. The van der Waals surface area contributed by atoms with E-state index in [0.29, 0.717) is 18.2 Å². The Morgan fingerprint density at radius 2 is 1.92 bits per heavy atom. The molecule has 6 nitrogen and oxygen atoms in total. The van der Waals surface area contributed by atoms with Gasteiger partial charge in [0.05, 0.1) is 19.3 Å². The average molecular weight is 328 g/mol. The molecule has 1 fully saturated rings. The zero-order chi connectivity index (χ0) is 16.8. The molecule has 0 aliphatic carbocycles. The number of para-hydroxylation sites is 1. The maximum absolute atomic E-state index is 5.72. The van der Waals surface area contributed by atoms with E-state index < -0.39 is 0 Å². The highest BCUT2D eigenvalue weighted by molar-refractivity contribution is 5.56. The molecule has 0 bridgehead atoms. The number of anilines is 2. The molecule has 6 heteroatoms. The van der Waals surface area contributed by atoms with Crippen LogP contribution < -0.4 is 15.0 Å². The minimum absolute atomic E-state index is 0.0582. The average Bonchev–Trinajstić information content (AvgIpc) is 2.61. The van der Waals surface area contributed by atoms with E-state index in [4.69, 9.17) is 9.47 Å². The van der Waals surface area contributed by atoms with Crippen molar-refractivity contribution in [3.8, 4) is 5.88 Å². The third-order valence-corrected chi connectivity index (χ3v) is 3.80. The molecule has 24 heavy (non-hydrogen) atoms. The van der Waals surface area contributed by atoms with E-state index in [9.17, 15) is 0 Å². The number of benzene rings is 1. The molecule has 1 N–H and O–H groups in total. The van der Waals surface area contributed by atoms with Gasteiger partial charge in [0, 0.05) is 37.7 Å². The van der Waals surface area contributed by atoms with Crippen molar-refractivity contribution in [2.24, 2.45) is 0 Å². The van der Waals surface area contributed by atoms with Crippen molar-refractivity contribution in [1.29, 1.82) is 0 Å². The summed E-state index contributed by atoms with van der Waals surface area (Å²) >= 11 is 0. The molecule has 0 atom stereocenters. The minimum atomic E-state index is 0.0582. The second-order valence-electron chi connectivity index (χ2n) is 5.96. The number of hydrogen-bond acceptors (Lipinski definition) is 6. The largest absolute Gasteiger partial charge is 0.472 e. The Kier molecular flexibility index (Phi) is 5.48. The van der Waals surface area contributed by atoms with Gasteiger partial charge in [0.15, 0.2) is 5.82 Å². The summed E-state index contributed by atoms with van der Waals surface area (Å²) < 4.78 is 11.2. The summed E-state index contributed by atoms with van der Waals surface area (Å²) in [4.78, 5) is 11.0. The molecule has 1 aliphatic rings. The van der Waals surface area contributed by atoms with Gasteiger partial charge in [-0.05, 0) is 25.5 Å². The number of nitrogens with one attached hydrogen (secondary N) is 1. The standard InChI is InChI=1S/C18H24N4O2/c1-14(2)24-18-17(19-7-8-20-18)21-13-15-5-3-4-6-16(15)22-9-11-23-12-10-22/h3-8,14H,9-13H2,1-2H3,(H,19,21). The molecule has 1 saturated heterocycles. The van der Waals surface area contributed by atoms with E-state index in [1.807, 2.05) is 13.8 Å². The van der Waals surface area contributed by atoms with Gasteiger partial charge in [0.1, 0.15) is 0 Å². The van der Waals surface area contributed by atoms with E-state index in [-0.39, 0.29) is 6.10 Å². The smallest absolute Gasteiger partial charge is 0.257 e. The van der Waals surface area contributed by atoms with Gasteiger partial charge < -0.3 is 19.7 Å². The van der Waals surface area contributed by atoms with Crippen LogP contribution in [0.4, 0.5) is 11.5 Å². The number of aromatic nitrogens is 2. The fourth-order valence-corrected chi connectivity index (χ4v) is 2.71. The Morgan fingerprint density at radius 1 is 1.17 bits per heavy atom. The van der Waals surface area contributed by atoms with Crippen LogP contribution in [0.25, 0.3) is 0 Å². The Balaban J connectivity index is 1.73. The summed E-state index contributed by atoms with van der Waals surface area (Å²) in [6, 6.07) is 8.43. The maximum atomic E-state index is 5.72. The molecule has 2 heterocycles. The van der Waals surface area contributed by atoms with Gasteiger partial charge in [-0.3, -0.25) is 0 Å². The first-order chi connectivity index (χ1) is 11.7. The molecule has 1 aliphatic heterocycles. The lowest BCUT2D eigenvalue weighted by Crippen LogP contribution is -2.36. The molecule has 0 unspecified atom stereocenters. The fourth-order valence-electron chi connectivity index (χ4n) is 2.71. The third-order valence-electron chi connectivity index (χ3n) is 3.80. The van der Waals surface area contributed by atoms with E-state index in [1.54, 1.807) is 12.4 Å². The van der Waals surface area contributed by atoms with Crippen molar-refractivity contribution >= 4 is 11.5 Å². The normalized spacial score (nSPS) is 14.7. The van der Waals surface area contributed by atoms with Crippen LogP contribution >= 0.6 is 0 Å². The molecule has 0 saturated carbocycles. The predicted octanol–water partition coefficient (Wildman–Crippen LogP) is 2.71. The van der Waals surface area contributed by atoms with Crippen LogP contribution in [0.5, 0.6) is 5.88 Å². The van der Waals surface area contributed by atoms with Gasteiger partial charge >= 0.3 is 0 Å². The lowest BCUT2D eigenvalue weighted by atomic mass is 10.1. The minimum Gasteiger partial charge on any atom is -0.472 e. The van der Waals surface area contributed by atoms with Crippen molar-refractivity contribution in [1.82, 2.24) is 9.97 Å². The Labute approximate surface area is 142 Å². The first kappa shape index (κ1) is 16.5. The fraction of sp³-hybridized carbons (Fsp3) is 0.444. The molecule has 1 aromatic carbocycles. The van der Waals surface area contributed by atoms with Crippen LogP contribution in [0, 0.1) is 0 Å². The SMILES string of the molecule is CC(C)Oc1nccnc1NCc1ccccc1N1CCOCC1. The molecular weight excluding hydrogens is 304 g/mol. The molecule has 2 aromatic rings. The van der Waals surface area contributed by atoms with E-state index in [2.05, 4.69) is 44.5 Å². The monoisotopic (exact) mass is 328 g/mol. The lowest BCUT2D eigenvalue weighted by Gasteiger charge is -2.30. The summed E-state index contributed by atoms with van der Waals surface area (Å²) in [6.45, 7) is 8.02. The Hall–Kier alpha value is -2.34. The van der Waals surface area contributed by atoms with Gasteiger partial charge in [-0.25, -0.2) is 9.97 Å². The van der Waals surface area contributed by atoms with Crippen molar-refractivity contribution in [2.45, 2.75) is 26.5 Å². The predicted molar refractivity (Wildman–Crippen MR) is 94.6 cm³/mol. The molecular formula is C18H24N4O2. The summed E-state index contributed by atoms with van der Waals surface area (Å²) in [7, 11) is 0. The highest BCUT2D eigenvalue weighted by Crippen LogP contribution is 2.24. The zero-order valence-corrected chi connectivity index (χ0v) is 14.2. The first-order valence-corrected chi connectivity index (χ1v) is 8.36. The van der Waals surface area contributed by atoms with E-state index >= 15 is 0 Å². The van der Waals surface area contributed by atoms with Gasteiger partial charge in [-0.1, -0.05) is 18.2 Å². The van der Waals surface area contributed by atoms with Crippen LogP contribution in [0.1, 0.15) is 19.4 Å². The second kappa shape index (κ2) is 7.97. The number of hydrogen-bond donors (Lipinski definition) is 1. The highest BCUT2D eigenvalue weighted by atomic mass is 16.5. The maximum Gasteiger partial charge on any atom is 0.257 e. The second-order valence-corrected chi connectivity index (χ2v) is 5.96. The summed E-state index contributed by atoms with van der Waals surface area (Å²) in [5.41, 5.74) is 2.46. The highest BCUT2D eigenvalue weighted by Gasteiger charge is 2.15. The molecule has 1 aromatic heterocycles. The Bertz CT molecular complexity index is 657. The van der Waals surface area contributed by atoms with Gasteiger partial charge in [0.25, 0.3) is 5.88 Å². The van der Waals surface area contributed by atoms with Crippen LogP contribution in [-0.4, -0.2) is 42.4 Å². The Morgan fingerprint density at radius 3 is 2.71 bits per heavy atom. The number of rotatable bonds is 6. The number of morpholine rings is 1.